The molecule has 0 saturated carbocycles. The molecular formula is C20H22ClN3S2. The maximum Gasteiger partial charge on any atom is 0.179 e. The quantitative estimate of drug-likeness (QED) is 0.529. The largest absolute Gasteiger partial charge is 0.332 e. The summed E-state index contributed by atoms with van der Waals surface area (Å²) in [4.78, 5) is 6.89. The van der Waals surface area contributed by atoms with E-state index in [1.807, 2.05) is 30.3 Å². The van der Waals surface area contributed by atoms with Crippen LogP contribution in [0.5, 0.6) is 0 Å². The lowest BCUT2D eigenvalue weighted by atomic mass is 10.1. The maximum absolute atomic E-state index is 6.05. The summed E-state index contributed by atoms with van der Waals surface area (Å²) in [5.41, 5.74) is 2.26. The summed E-state index contributed by atoms with van der Waals surface area (Å²) in [6.07, 6.45) is 2.08. The molecule has 1 aliphatic heterocycles. The van der Waals surface area contributed by atoms with Crippen molar-refractivity contribution in [3.05, 3.63) is 65.2 Å². The number of rotatable bonds is 5. The van der Waals surface area contributed by atoms with Gasteiger partial charge in [-0.25, -0.2) is 0 Å². The third-order valence-corrected chi connectivity index (χ3v) is 5.68. The summed E-state index contributed by atoms with van der Waals surface area (Å²) >= 11 is 13.4. The average Bonchev–Trinajstić information content (AvgIpc) is 3.00. The van der Waals surface area contributed by atoms with Crippen molar-refractivity contribution in [2.45, 2.75) is 25.0 Å². The minimum atomic E-state index is 0.474. The van der Waals surface area contributed by atoms with Crippen LogP contribution in [0.15, 0.2) is 59.6 Å². The fourth-order valence-electron chi connectivity index (χ4n) is 2.77. The number of thioether (sulfide) groups is 1. The van der Waals surface area contributed by atoms with Crippen LogP contribution in [0.4, 0.5) is 5.69 Å². The molecule has 1 fully saturated rings. The summed E-state index contributed by atoms with van der Waals surface area (Å²) in [5, 5.41) is 6.11. The summed E-state index contributed by atoms with van der Waals surface area (Å²) in [5.74, 6) is 0. The number of benzene rings is 2. The van der Waals surface area contributed by atoms with E-state index in [0.717, 1.165) is 36.8 Å². The van der Waals surface area contributed by atoms with E-state index in [1.54, 1.807) is 11.8 Å². The Labute approximate surface area is 169 Å². The van der Waals surface area contributed by atoms with Gasteiger partial charge in [0.2, 0.25) is 0 Å². The molecule has 3 rings (SSSR count). The molecule has 136 valence electrons. The van der Waals surface area contributed by atoms with Gasteiger partial charge in [-0.3, -0.25) is 9.89 Å². The Balaban J connectivity index is 1.57. The van der Waals surface area contributed by atoms with E-state index >= 15 is 0 Å². The number of hydrogen-bond donors (Lipinski definition) is 1. The van der Waals surface area contributed by atoms with Crippen molar-refractivity contribution in [1.29, 1.82) is 0 Å². The van der Waals surface area contributed by atoms with Crippen LogP contribution >= 0.6 is 35.6 Å². The maximum atomic E-state index is 6.05. The van der Waals surface area contributed by atoms with E-state index in [1.165, 1.54) is 5.56 Å². The van der Waals surface area contributed by atoms with Crippen LogP contribution in [-0.2, 0) is 6.42 Å². The van der Waals surface area contributed by atoms with Crippen LogP contribution < -0.4 is 5.32 Å². The Morgan fingerprint density at radius 2 is 2.08 bits per heavy atom. The van der Waals surface area contributed by atoms with Crippen molar-refractivity contribution in [2.75, 3.05) is 18.4 Å². The number of thiocarbonyl (C=S) groups is 1. The number of anilines is 1. The van der Waals surface area contributed by atoms with Gasteiger partial charge in [0.1, 0.15) is 0 Å². The molecule has 6 heteroatoms. The van der Waals surface area contributed by atoms with Gasteiger partial charge in [-0.05, 0) is 48.8 Å². The topological polar surface area (TPSA) is 27.6 Å². The van der Waals surface area contributed by atoms with E-state index in [9.17, 15) is 0 Å². The Kier molecular flexibility index (Phi) is 6.94. The van der Waals surface area contributed by atoms with Gasteiger partial charge in [0, 0.05) is 29.0 Å². The molecule has 1 saturated heterocycles. The standard InChI is InChI=1S/C20H22ClN3S2/c1-15-14-24(19(25)23-18-11-5-10-17(21)13-18)20(26-15)22-12-6-9-16-7-3-2-4-8-16/h2-5,7-8,10-11,13,15H,6,9,12,14H2,1H3,(H,23,25). The first-order valence-electron chi connectivity index (χ1n) is 8.71. The minimum Gasteiger partial charge on any atom is -0.332 e. The van der Waals surface area contributed by atoms with E-state index in [4.69, 9.17) is 28.8 Å². The number of nitrogens with one attached hydrogen (secondary N) is 1. The Hall–Kier alpha value is -1.56. The first-order valence-corrected chi connectivity index (χ1v) is 10.4. The molecule has 2 aromatic carbocycles. The van der Waals surface area contributed by atoms with Crippen molar-refractivity contribution >= 4 is 51.5 Å². The molecule has 0 aliphatic carbocycles. The third kappa shape index (κ3) is 5.47. The molecule has 2 aromatic rings. The average molecular weight is 404 g/mol. The van der Waals surface area contributed by atoms with Gasteiger partial charge in [-0.15, -0.1) is 0 Å². The molecule has 1 heterocycles. The second-order valence-corrected chi connectivity index (χ2v) is 8.46. The fraction of sp³-hybridized carbons (Fsp3) is 0.300. The molecule has 1 unspecified atom stereocenters. The highest BCUT2D eigenvalue weighted by atomic mass is 35.5. The first-order chi connectivity index (χ1) is 12.6. The highest BCUT2D eigenvalue weighted by Gasteiger charge is 2.28. The predicted octanol–water partition coefficient (Wildman–Crippen LogP) is 5.46. The summed E-state index contributed by atoms with van der Waals surface area (Å²) < 4.78 is 0. The zero-order valence-electron chi connectivity index (χ0n) is 14.7. The van der Waals surface area contributed by atoms with Gasteiger partial charge in [0.05, 0.1) is 0 Å². The van der Waals surface area contributed by atoms with Gasteiger partial charge in [-0.1, -0.05) is 66.7 Å². The van der Waals surface area contributed by atoms with Gasteiger partial charge >= 0.3 is 0 Å². The molecule has 0 aromatic heterocycles. The molecule has 3 nitrogen and oxygen atoms in total. The molecule has 0 radical (unpaired) electrons. The van der Waals surface area contributed by atoms with E-state index in [-0.39, 0.29) is 0 Å². The number of amidine groups is 1. The molecule has 1 atom stereocenters. The molecular weight excluding hydrogens is 382 g/mol. The highest BCUT2D eigenvalue weighted by molar-refractivity contribution is 8.14. The zero-order chi connectivity index (χ0) is 18.4. The number of nitrogens with zero attached hydrogens (tertiary/aromatic N) is 2. The van der Waals surface area contributed by atoms with E-state index < -0.39 is 0 Å². The molecule has 0 bridgehead atoms. The number of aliphatic imine (C=N–C) groups is 1. The van der Waals surface area contributed by atoms with Crippen LogP contribution in [0.1, 0.15) is 18.9 Å². The lowest BCUT2D eigenvalue weighted by Gasteiger charge is -2.20. The molecule has 0 amide bonds. The van der Waals surface area contributed by atoms with Gasteiger partial charge < -0.3 is 5.32 Å². The second-order valence-electron chi connectivity index (χ2n) is 6.23. The number of hydrogen-bond acceptors (Lipinski definition) is 3. The third-order valence-electron chi connectivity index (χ3n) is 4.01. The molecule has 0 spiro atoms. The summed E-state index contributed by atoms with van der Waals surface area (Å²) in [6, 6.07) is 18.1. The van der Waals surface area contributed by atoms with Crippen molar-refractivity contribution in [2.24, 2.45) is 4.99 Å². The fourth-order valence-corrected chi connectivity index (χ4v) is 4.34. The lowest BCUT2D eigenvalue weighted by Crippen LogP contribution is -2.36. The van der Waals surface area contributed by atoms with Gasteiger partial charge in [0.15, 0.2) is 10.3 Å². The monoisotopic (exact) mass is 403 g/mol. The van der Waals surface area contributed by atoms with Crippen LogP contribution in [0.3, 0.4) is 0 Å². The first kappa shape index (κ1) is 19.2. The number of aryl methyl sites for hydroxylation is 1. The summed E-state index contributed by atoms with van der Waals surface area (Å²) in [6.45, 7) is 3.88. The Morgan fingerprint density at radius 3 is 2.85 bits per heavy atom. The lowest BCUT2D eigenvalue weighted by molar-refractivity contribution is 0.636. The molecule has 1 aliphatic rings. The second kappa shape index (κ2) is 9.40. The van der Waals surface area contributed by atoms with Crippen molar-refractivity contribution in [1.82, 2.24) is 4.90 Å². The zero-order valence-corrected chi connectivity index (χ0v) is 17.1. The minimum absolute atomic E-state index is 0.474. The summed E-state index contributed by atoms with van der Waals surface area (Å²) in [7, 11) is 0. The molecule has 1 N–H and O–H groups in total. The predicted molar refractivity (Wildman–Crippen MR) is 118 cm³/mol. The van der Waals surface area contributed by atoms with Crippen molar-refractivity contribution in [3.8, 4) is 0 Å². The SMILES string of the molecule is CC1CN(C(=S)Nc2cccc(Cl)c2)C(=NCCCc2ccccc2)S1. The van der Waals surface area contributed by atoms with Crippen molar-refractivity contribution < 1.29 is 0 Å². The van der Waals surface area contributed by atoms with E-state index in [2.05, 4.69) is 41.4 Å². The van der Waals surface area contributed by atoms with Crippen LogP contribution in [-0.4, -0.2) is 33.5 Å². The normalized spacial score (nSPS) is 18.3. The van der Waals surface area contributed by atoms with Gasteiger partial charge in [0.25, 0.3) is 0 Å². The Bertz CT molecular complexity index is 780. The van der Waals surface area contributed by atoms with E-state index in [0.29, 0.717) is 15.4 Å². The van der Waals surface area contributed by atoms with Crippen LogP contribution in [0, 0.1) is 0 Å². The van der Waals surface area contributed by atoms with Crippen LogP contribution in [0.25, 0.3) is 0 Å². The Morgan fingerprint density at radius 1 is 1.27 bits per heavy atom. The van der Waals surface area contributed by atoms with Crippen molar-refractivity contribution in [3.63, 3.8) is 0 Å². The molecule has 26 heavy (non-hydrogen) atoms. The van der Waals surface area contributed by atoms with Gasteiger partial charge in [-0.2, -0.15) is 0 Å². The van der Waals surface area contributed by atoms with Crippen LogP contribution in [0.2, 0.25) is 5.02 Å². The highest BCUT2D eigenvalue weighted by Crippen LogP contribution is 2.26. The smallest absolute Gasteiger partial charge is 0.179 e. The number of halogens is 1.